The fourth-order valence-corrected chi connectivity index (χ4v) is 1.80. The Hall–Kier alpha value is -1.35. The smallest absolute Gasteiger partial charge is 0.243 e. The van der Waals surface area contributed by atoms with Gasteiger partial charge in [-0.25, -0.2) is 5.84 Å². The van der Waals surface area contributed by atoms with Crippen LogP contribution in [0.1, 0.15) is 50.2 Å². The molecule has 0 radical (unpaired) electrons. The summed E-state index contributed by atoms with van der Waals surface area (Å²) in [6, 6.07) is 8.24. The van der Waals surface area contributed by atoms with Crippen LogP contribution in [0.5, 0.6) is 0 Å². The van der Waals surface area contributed by atoms with Crippen LogP contribution in [0, 0.1) is 0 Å². The van der Waals surface area contributed by atoms with E-state index >= 15 is 0 Å². The van der Waals surface area contributed by atoms with Gasteiger partial charge in [-0.1, -0.05) is 38.1 Å². The molecule has 17 heavy (non-hydrogen) atoms. The van der Waals surface area contributed by atoms with Crippen LogP contribution in [0.3, 0.4) is 0 Å². The lowest BCUT2D eigenvalue weighted by molar-refractivity contribution is -0.131. The number of carbonyl (C=O) groups is 1. The van der Waals surface area contributed by atoms with Crippen molar-refractivity contribution in [2.24, 2.45) is 5.84 Å². The fraction of sp³-hybridized carbons (Fsp3) is 0.500. The predicted octanol–water partition coefficient (Wildman–Crippen LogP) is 2.64. The normalized spacial score (nSPS) is 14.2. The molecule has 0 spiro atoms. The number of benzene rings is 1. The first-order valence-corrected chi connectivity index (χ1v) is 6.09. The SMILES string of the molecule is CCC(C)c1ccc(C(C)C(=O)N(C)N)cc1. The molecule has 0 fully saturated rings. The van der Waals surface area contributed by atoms with Gasteiger partial charge in [-0.15, -0.1) is 0 Å². The Bertz CT molecular complexity index is 370. The average molecular weight is 234 g/mol. The van der Waals surface area contributed by atoms with Crippen LogP contribution in [-0.2, 0) is 4.79 Å². The monoisotopic (exact) mass is 234 g/mol. The van der Waals surface area contributed by atoms with Crippen LogP contribution < -0.4 is 5.84 Å². The van der Waals surface area contributed by atoms with Gasteiger partial charge in [-0.05, 0) is 30.4 Å². The van der Waals surface area contributed by atoms with Gasteiger partial charge in [-0.3, -0.25) is 9.80 Å². The summed E-state index contributed by atoms with van der Waals surface area (Å²) in [4.78, 5) is 11.7. The van der Waals surface area contributed by atoms with E-state index < -0.39 is 0 Å². The number of hydrogen-bond acceptors (Lipinski definition) is 2. The molecule has 3 nitrogen and oxygen atoms in total. The molecule has 2 atom stereocenters. The van der Waals surface area contributed by atoms with Crippen LogP contribution in [0.25, 0.3) is 0 Å². The highest BCUT2D eigenvalue weighted by Crippen LogP contribution is 2.22. The van der Waals surface area contributed by atoms with E-state index in [1.54, 1.807) is 7.05 Å². The lowest BCUT2D eigenvalue weighted by atomic mass is 9.94. The van der Waals surface area contributed by atoms with Gasteiger partial charge in [0.1, 0.15) is 0 Å². The molecular weight excluding hydrogens is 212 g/mol. The van der Waals surface area contributed by atoms with Crippen LogP contribution in [0.2, 0.25) is 0 Å². The first-order valence-electron chi connectivity index (χ1n) is 6.09. The highest BCUT2D eigenvalue weighted by atomic mass is 16.2. The molecule has 0 aliphatic heterocycles. The molecule has 0 aromatic heterocycles. The maximum absolute atomic E-state index is 11.7. The van der Waals surface area contributed by atoms with Gasteiger partial charge in [0, 0.05) is 7.05 Å². The van der Waals surface area contributed by atoms with Gasteiger partial charge in [0.15, 0.2) is 0 Å². The summed E-state index contributed by atoms with van der Waals surface area (Å²) in [6.45, 7) is 6.26. The van der Waals surface area contributed by atoms with Crippen LogP contribution in [-0.4, -0.2) is 18.0 Å². The molecule has 0 bridgehead atoms. The van der Waals surface area contributed by atoms with Crippen molar-refractivity contribution in [2.45, 2.75) is 39.0 Å². The number of hydrazine groups is 1. The molecule has 1 amide bonds. The molecule has 0 aliphatic carbocycles. The number of rotatable bonds is 4. The second kappa shape index (κ2) is 5.82. The Balaban J connectivity index is 2.84. The predicted molar refractivity (Wildman–Crippen MR) is 70.5 cm³/mol. The van der Waals surface area contributed by atoms with Gasteiger partial charge >= 0.3 is 0 Å². The Kier molecular flexibility index (Phi) is 4.70. The van der Waals surface area contributed by atoms with E-state index in [1.807, 2.05) is 19.1 Å². The Morgan fingerprint density at radius 1 is 1.24 bits per heavy atom. The Morgan fingerprint density at radius 2 is 1.71 bits per heavy atom. The third-order valence-electron chi connectivity index (χ3n) is 3.34. The molecule has 2 N–H and O–H groups in total. The maximum Gasteiger partial charge on any atom is 0.243 e. The number of nitrogens with two attached hydrogens (primary N) is 1. The molecule has 1 rings (SSSR count). The number of amides is 1. The lowest BCUT2D eigenvalue weighted by Gasteiger charge is -2.17. The topological polar surface area (TPSA) is 46.3 Å². The number of likely N-dealkylation sites (N-methyl/N-ethyl adjacent to an activating group) is 1. The fourth-order valence-electron chi connectivity index (χ4n) is 1.80. The van der Waals surface area contributed by atoms with Crippen molar-refractivity contribution in [1.29, 1.82) is 0 Å². The quantitative estimate of drug-likeness (QED) is 0.494. The van der Waals surface area contributed by atoms with E-state index in [2.05, 4.69) is 26.0 Å². The van der Waals surface area contributed by atoms with Gasteiger partial charge in [0.25, 0.3) is 0 Å². The zero-order valence-corrected chi connectivity index (χ0v) is 11.1. The summed E-state index contributed by atoms with van der Waals surface area (Å²) in [5, 5.41) is 1.15. The van der Waals surface area contributed by atoms with Gasteiger partial charge in [-0.2, -0.15) is 0 Å². The average Bonchev–Trinajstić information content (AvgIpc) is 2.36. The highest BCUT2D eigenvalue weighted by Gasteiger charge is 2.17. The first kappa shape index (κ1) is 13.7. The zero-order chi connectivity index (χ0) is 13.0. The van der Waals surface area contributed by atoms with Gasteiger partial charge in [0.05, 0.1) is 5.92 Å². The van der Waals surface area contributed by atoms with E-state index in [4.69, 9.17) is 5.84 Å². The lowest BCUT2D eigenvalue weighted by Crippen LogP contribution is -2.36. The Labute approximate surface area is 104 Å². The van der Waals surface area contributed by atoms with Crippen LogP contribution in [0.15, 0.2) is 24.3 Å². The molecule has 94 valence electrons. The number of nitrogens with zero attached hydrogens (tertiary/aromatic N) is 1. The zero-order valence-electron chi connectivity index (χ0n) is 11.1. The summed E-state index contributed by atoms with van der Waals surface area (Å²) in [7, 11) is 1.58. The number of carbonyl (C=O) groups excluding carboxylic acids is 1. The van der Waals surface area contributed by atoms with E-state index in [0.717, 1.165) is 17.0 Å². The summed E-state index contributed by atoms with van der Waals surface area (Å²) >= 11 is 0. The summed E-state index contributed by atoms with van der Waals surface area (Å²) in [5.74, 6) is 5.77. The molecular formula is C14H22N2O. The second-order valence-corrected chi connectivity index (χ2v) is 4.65. The molecule has 1 aromatic rings. The summed E-state index contributed by atoms with van der Waals surface area (Å²) in [6.07, 6.45) is 1.12. The van der Waals surface area contributed by atoms with Crippen molar-refractivity contribution in [3.8, 4) is 0 Å². The second-order valence-electron chi connectivity index (χ2n) is 4.65. The van der Waals surface area contributed by atoms with Crippen molar-refractivity contribution in [3.63, 3.8) is 0 Å². The van der Waals surface area contributed by atoms with Crippen molar-refractivity contribution < 1.29 is 4.79 Å². The minimum absolute atomic E-state index is 0.0683. The minimum Gasteiger partial charge on any atom is -0.283 e. The molecule has 0 saturated carbocycles. The molecule has 2 unspecified atom stereocenters. The minimum atomic E-state index is -0.184. The molecule has 0 saturated heterocycles. The van der Waals surface area contributed by atoms with E-state index in [9.17, 15) is 4.79 Å². The van der Waals surface area contributed by atoms with Crippen molar-refractivity contribution in [3.05, 3.63) is 35.4 Å². The van der Waals surface area contributed by atoms with E-state index in [-0.39, 0.29) is 11.8 Å². The number of hydrogen-bond donors (Lipinski definition) is 1. The van der Waals surface area contributed by atoms with Crippen molar-refractivity contribution >= 4 is 5.91 Å². The largest absolute Gasteiger partial charge is 0.283 e. The van der Waals surface area contributed by atoms with Crippen molar-refractivity contribution in [2.75, 3.05) is 7.05 Å². The highest BCUT2D eigenvalue weighted by molar-refractivity contribution is 5.82. The first-order chi connectivity index (χ1) is 7.97. The molecule has 0 heterocycles. The standard InChI is InChI=1S/C14H22N2O/c1-5-10(2)12-6-8-13(9-7-12)11(3)14(17)16(4)15/h6-11H,5,15H2,1-4H3. The summed E-state index contributed by atoms with van der Waals surface area (Å²) < 4.78 is 0. The van der Waals surface area contributed by atoms with Crippen LogP contribution in [0.4, 0.5) is 0 Å². The maximum atomic E-state index is 11.7. The van der Waals surface area contributed by atoms with Gasteiger partial charge < -0.3 is 0 Å². The van der Waals surface area contributed by atoms with Crippen LogP contribution >= 0.6 is 0 Å². The van der Waals surface area contributed by atoms with Gasteiger partial charge in [0.2, 0.25) is 5.91 Å². The van der Waals surface area contributed by atoms with E-state index in [0.29, 0.717) is 5.92 Å². The molecule has 3 heteroatoms. The molecule has 1 aromatic carbocycles. The Morgan fingerprint density at radius 3 is 2.12 bits per heavy atom. The molecule has 0 aliphatic rings. The third kappa shape index (κ3) is 3.30. The van der Waals surface area contributed by atoms with E-state index in [1.165, 1.54) is 5.56 Å². The third-order valence-corrected chi connectivity index (χ3v) is 3.34. The van der Waals surface area contributed by atoms with Crippen molar-refractivity contribution in [1.82, 2.24) is 5.01 Å². The summed E-state index contributed by atoms with van der Waals surface area (Å²) in [5.41, 5.74) is 2.33.